The maximum absolute atomic E-state index is 6.35. The van der Waals surface area contributed by atoms with E-state index in [0.717, 1.165) is 36.1 Å². The highest BCUT2D eigenvalue weighted by Gasteiger charge is 2.22. The summed E-state index contributed by atoms with van der Waals surface area (Å²) in [5.41, 5.74) is 2.25. The SMILES string of the molecule is CCCCCCCCc1cnc(-c2ccccc2OCC2CCC(CCCCCCC)CC2)nc1. The van der Waals surface area contributed by atoms with E-state index >= 15 is 0 Å². The van der Waals surface area contributed by atoms with Gasteiger partial charge in [-0.15, -0.1) is 0 Å². The molecule has 2 aromatic rings. The van der Waals surface area contributed by atoms with Crippen LogP contribution in [0.4, 0.5) is 0 Å². The summed E-state index contributed by atoms with van der Waals surface area (Å²) >= 11 is 0. The summed E-state index contributed by atoms with van der Waals surface area (Å²) in [7, 11) is 0. The van der Waals surface area contributed by atoms with Gasteiger partial charge in [-0.1, -0.05) is 109 Å². The van der Waals surface area contributed by atoms with Crippen molar-refractivity contribution in [3.05, 3.63) is 42.2 Å². The molecule has 0 amide bonds. The summed E-state index contributed by atoms with van der Waals surface area (Å²) in [6.07, 6.45) is 26.8. The van der Waals surface area contributed by atoms with Crippen LogP contribution in [0.25, 0.3) is 11.4 Å². The van der Waals surface area contributed by atoms with Crippen LogP contribution >= 0.6 is 0 Å². The number of hydrogen-bond donors (Lipinski definition) is 0. The number of nitrogens with zero attached hydrogens (tertiary/aromatic N) is 2. The van der Waals surface area contributed by atoms with Crippen molar-refractivity contribution in [2.75, 3.05) is 6.61 Å². The lowest BCUT2D eigenvalue weighted by molar-refractivity contribution is 0.178. The standard InChI is InChI=1S/C32H50N2O/c1-3-5-7-9-11-13-17-29-24-33-32(34-25-29)30-18-14-15-19-31(30)35-26-28-22-20-27(21-23-28)16-12-10-8-6-4-2/h14-15,18-19,24-25,27-28H,3-13,16-17,20-23,26H2,1-2H3. The molecule has 0 saturated heterocycles. The van der Waals surface area contributed by atoms with Crippen molar-refractivity contribution < 1.29 is 4.74 Å². The second kappa shape index (κ2) is 16.7. The van der Waals surface area contributed by atoms with Gasteiger partial charge in [0, 0.05) is 12.4 Å². The smallest absolute Gasteiger partial charge is 0.162 e. The van der Waals surface area contributed by atoms with Crippen LogP contribution in [-0.2, 0) is 6.42 Å². The summed E-state index contributed by atoms with van der Waals surface area (Å²) in [5, 5.41) is 0. The predicted octanol–water partition coefficient (Wildman–Crippen LogP) is 9.59. The number of ether oxygens (including phenoxy) is 1. The molecule has 0 aliphatic heterocycles. The van der Waals surface area contributed by atoms with Gasteiger partial charge in [0.2, 0.25) is 0 Å². The molecule has 1 aromatic heterocycles. The van der Waals surface area contributed by atoms with E-state index in [9.17, 15) is 0 Å². The van der Waals surface area contributed by atoms with Crippen LogP contribution in [-0.4, -0.2) is 16.6 Å². The monoisotopic (exact) mass is 478 g/mol. The molecule has 1 fully saturated rings. The zero-order valence-electron chi connectivity index (χ0n) is 22.6. The maximum atomic E-state index is 6.35. The zero-order chi connectivity index (χ0) is 24.6. The highest BCUT2D eigenvalue weighted by atomic mass is 16.5. The van der Waals surface area contributed by atoms with Gasteiger partial charge in [-0.2, -0.15) is 0 Å². The molecular weight excluding hydrogens is 428 g/mol. The Morgan fingerprint density at radius 2 is 1.31 bits per heavy atom. The molecule has 35 heavy (non-hydrogen) atoms. The predicted molar refractivity (Wildman–Crippen MR) is 149 cm³/mol. The topological polar surface area (TPSA) is 35.0 Å². The molecule has 0 atom stereocenters. The van der Waals surface area contributed by atoms with Crippen molar-refractivity contribution in [3.8, 4) is 17.1 Å². The Morgan fingerprint density at radius 1 is 0.714 bits per heavy atom. The minimum absolute atomic E-state index is 0.681. The van der Waals surface area contributed by atoms with E-state index < -0.39 is 0 Å². The average Bonchev–Trinajstić information content (AvgIpc) is 2.90. The maximum Gasteiger partial charge on any atom is 0.162 e. The number of benzene rings is 1. The molecule has 1 saturated carbocycles. The van der Waals surface area contributed by atoms with Crippen LogP contribution in [0, 0.1) is 11.8 Å². The highest BCUT2D eigenvalue weighted by molar-refractivity contribution is 5.63. The molecule has 1 aliphatic rings. The summed E-state index contributed by atoms with van der Waals surface area (Å²) in [5.74, 6) is 3.33. The van der Waals surface area contributed by atoms with Crippen LogP contribution in [0.15, 0.2) is 36.7 Å². The number of aromatic nitrogens is 2. The van der Waals surface area contributed by atoms with Crippen molar-refractivity contribution in [2.45, 2.75) is 123 Å². The molecule has 0 bridgehead atoms. The average molecular weight is 479 g/mol. The van der Waals surface area contributed by atoms with E-state index in [0.29, 0.717) is 5.92 Å². The van der Waals surface area contributed by atoms with Crippen molar-refractivity contribution in [1.82, 2.24) is 9.97 Å². The number of aryl methyl sites for hydroxylation is 1. The molecule has 0 N–H and O–H groups in total. The van der Waals surface area contributed by atoms with Crippen LogP contribution in [0.3, 0.4) is 0 Å². The summed E-state index contributed by atoms with van der Waals surface area (Å²) in [6, 6.07) is 8.28. The number of para-hydroxylation sites is 1. The molecule has 3 nitrogen and oxygen atoms in total. The van der Waals surface area contributed by atoms with E-state index in [-0.39, 0.29) is 0 Å². The Bertz CT molecular complexity index is 795. The Hall–Kier alpha value is -1.90. The van der Waals surface area contributed by atoms with Gasteiger partial charge in [0.25, 0.3) is 0 Å². The van der Waals surface area contributed by atoms with Gasteiger partial charge in [-0.3, -0.25) is 0 Å². The first kappa shape index (κ1) is 27.7. The third-order valence-corrected chi connectivity index (χ3v) is 7.81. The van der Waals surface area contributed by atoms with Crippen molar-refractivity contribution in [1.29, 1.82) is 0 Å². The first-order chi connectivity index (χ1) is 17.3. The highest BCUT2D eigenvalue weighted by Crippen LogP contribution is 2.34. The Kier molecular flexibility index (Phi) is 13.2. The summed E-state index contributed by atoms with van der Waals surface area (Å²) in [6.45, 7) is 5.38. The second-order valence-electron chi connectivity index (χ2n) is 10.8. The number of rotatable bonds is 17. The quantitative estimate of drug-likeness (QED) is 0.212. The second-order valence-corrected chi connectivity index (χ2v) is 10.8. The number of hydrogen-bond acceptors (Lipinski definition) is 3. The molecule has 3 rings (SSSR count). The fraction of sp³-hybridized carbons (Fsp3) is 0.688. The van der Waals surface area contributed by atoms with Crippen molar-refractivity contribution in [2.24, 2.45) is 11.8 Å². The van der Waals surface area contributed by atoms with Crippen molar-refractivity contribution in [3.63, 3.8) is 0 Å². The molecule has 0 unspecified atom stereocenters. The molecule has 1 aliphatic carbocycles. The summed E-state index contributed by atoms with van der Waals surface area (Å²) in [4.78, 5) is 9.40. The third-order valence-electron chi connectivity index (χ3n) is 7.81. The van der Waals surface area contributed by atoms with Crippen LogP contribution in [0.1, 0.15) is 122 Å². The molecule has 1 aromatic carbocycles. The fourth-order valence-electron chi connectivity index (χ4n) is 5.44. The Morgan fingerprint density at radius 3 is 2.03 bits per heavy atom. The third kappa shape index (κ3) is 10.3. The zero-order valence-corrected chi connectivity index (χ0v) is 22.6. The van der Waals surface area contributed by atoms with Crippen LogP contribution in [0.5, 0.6) is 5.75 Å². The molecule has 194 valence electrons. The lowest BCUT2D eigenvalue weighted by Gasteiger charge is -2.28. The van der Waals surface area contributed by atoms with Gasteiger partial charge >= 0.3 is 0 Å². The minimum Gasteiger partial charge on any atom is -0.493 e. The molecule has 0 radical (unpaired) electrons. The van der Waals surface area contributed by atoms with Crippen LogP contribution in [0.2, 0.25) is 0 Å². The van der Waals surface area contributed by atoms with Gasteiger partial charge < -0.3 is 4.74 Å². The van der Waals surface area contributed by atoms with Crippen molar-refractivity contribution >= 4 is 0 Å². The minimum atomic E-state index is 0.681. The first-order valence-electron chi connectivity index (χ1n) is 14.8. The fourth-order valence-corrected chi connectivity index (χ4v) is 5.44. The van der Waals surface area contributed by atoms with Gasteiger partial charge in [-0.25, -0.2) is 9.97 Å². The molecule has 0 spiro atoms. The molecule has 1 heterocycles. The van der Waals surface area contributed by atoms with Gasteiger partial charge in [0.05, 0.1) is 12.2 Å². The number of unbranched alkanes of at least 4 members (excludes halogenated alkanes) is 9. The van der Waals surface area contributed by atoms with E-state index in [4.69, 9.17) is 14.7 Å². The van der Waals surface area contributed by atoms with E-state index in [1.807, 2.05) is 12.4 Å². The molecular formula is C32H50N2O. The van der Waals surface area contributed by atoms with E-state index in [1.54, 1.807) is 0 Å². The van der Waals surface area contributed by atoms with Gasteiger partial charge in [-0.05, 0) is 55.2 Å². The first-order valence-corrected chi connectivity index (χ1v) is 14.8. The van der Waals surface area contributed by atoms with Gasteiger partial charge in [0.1, 0.15) is 5.75 Å². The van der Waals surface area contributed by atoms with E-state index in [2.05, 4.69) is 38.1 Å². The Balaban J connectivity index is 1.41. The Labute approximate surface area is 215 Å². The van der Waals surface area contributed by atoms with E-state index in [1.165, 1.54) is 108 Å². The summed E-state index contributed by atoms with van der Waals surface area (Å²) < 4.78 is 6.35. The van der Waals surface area contributed by atoms with Crippen LogP contribution < -0.4 is 4.74 Å². The van der Waals surface area contributed by atoms with Gasteiger partial charge in [0.15, 0.2) is 5.82 Å². The molecule has 3 heteroatoms. The normalized spacial score (nSPS) is 18.0. The lowest BCUT2D eigenvalue weighted by atomic mass is 9.80. The lowest BCUT2D eigenvalue weighted by Crippen LogP contribution is -2.20. The largest absolute Gasteiger partial charge is 0.493 e.